The van der Waals surface area contributed by atoms with Crippen LogP contribution < -0.4 is 10.2 Å². The van der Waals surface area contributed by atoms with E-state index in [4.69, 9.17) is 9.84 Å². The minimum Gasteiger partial charge on any atom is -0.394 e. The Kier molecular flexibility index (Phi) is 5.46. The summed E-state index contributed by atoms with van der Waals surface area (Å²) in [5.74, 6) is 0. The predicted octanol–water partition coefficient (Wildman–Crippen LogP) is -0.465. The largest absolute Gasteiger partial charge is 0.394 e. The van der Waals surface area contributed by atoms with Crippen LogP contribution in [0.25, 0.3) is 0 Å². The van der Waals surface area contributed by atoms with Gasteiger partial charge in [-0.3, -0.25) is 4.79 Å². The monoisotopic (exact) mass is 218 g/mol. The average molecular weight is 218 g/mol. The van der Waals surface area contributed by atoms with E-state index in [1.165, 1.54) is 0 Å². The number of H-pyrrole nitrogens is 1. The van der Waals surface area contributed by atoms with Gasteiger partial charge in [-0.2, -0.15) is 0 Å². The molecule has 1 aromatic rings. The first kappa shape index (κ1) is 11.4. The van der Waals surface area contributed by atoms with Crippen molar-refractivity contribution in [2.75, 3.05) is 26.4 Å². The van der Waals surface area contributed by atoms with Crippen molar-refractivity contribution in [3.8, 4) is 0 Å². The van der Waals surface area contributed by atoms with Gasteiger partial charge in [0.15, 0.2) is 0 Å². The van der Waals surface area contributed by atoms with Crippen LogP contribution in [0.15, 0.2) is 10.2 Å². The Balaban J connectivity index is 2.02. The molecule has 0 fully saturated rings. The lowest BCUT2D eigenvalue weighted by Crippen LogP contribution is -2.20. The van der Waals surface area contributed by atoms with Gasteiger partial charge >= 0.3 is 4.87 Å². The number of aliphatic hydroxyl groups is 1. The van der Waals surface area contributed by atoms with Crippen LogP contribution in [0.3, 0.4) is 0 Å². The van der Waals surface area contributed by atoms with Gasteiger partial charge in [-0.1, -0.05) is 11.3 Å². The van der Waals surface area contributed by atoms with E-state index in [1.807, 2.05) is 0 Å². The quantitative estimate of drug-likeness (QED) is 0.541. The maximum absolute atomic E-state index is 10.7. The third kappa shape index (κ3) is 4.52. The molecule has 1 rings (SSSR count). The molecule has 0 radical (unpaired) electrons. The first-order valence-corrected chi connectivity index (χ1v) is 5.27. The molecule has 0 aromatic carbocycles. The number of aromatic amines is 1. The predicted molar refractivity (Wildman–Crippen MR) is 54.6 cm³/mol. The molecule has 1 aromatic heterocycles. The second-order valence-electron chi connectivity index (χ2n) is 2.69. The van der Waals surface area contributed by atoms with Crippen molar-refractivity contribution in [2.45, 2.75) is 6.54 Å². The minimum atomic E-state index is -0.0293. The number of thiazole rings is 1. The molecule has 0 aliphatic rings. The van der Waals surface area contributed by atoms with Crippen molar-refractivity contribution in [3.05, 3.63) is 20.7 Å². The Morgan fingerprint density at radius 3 is 3.07 bits per heavy atom. The Bertz CT molecular complexity index is 297. The second kappa shape index (κ2) is 6.72. The van der Waals surface area contributed by atoms with Gasteiger partial charge in [0.2, 0.25) is 0 Å². The summed E-state index contributed by atoms with van der Waals surface area (Å²) in [5, 5.41) is 13.3. The van der Waals surface area contributed by atoms with Crippen molar-refractivity contribution >= 4 is 11.3 Å². The summed E-state index contributed by atoms with van der Waals surface area (Å²) in [6.45, 7) is 2.34. The van der Waals surface area contributed by atoms with Crippen LogP contribution in [0.5, 0.6) is 0 Å². The maximum Gasteiger partial charge on any atom is 0.304 e. The van der Waals surface area contributed by atoms with Gasteiger partial charge in [0.1, 0.15) is 0 Å². The van der Waals surface area contributed by atoms with Gasteiger partial charge in [-0.05, 0) is 0 Å². The number of aromatic nitrogens is 1. The van der Waals surface area contributed by atoms with Crippen LogP contribution in [0.4, 0.5) is 0 Å². The van der Waals surface area contributed by atoms with E-state index < -0.39 is 0 Å². The van der Waals surface area contributed by atoms with Crippen molar-refractivity contribution < 1.29 is 9.84 Å². The first-order valence-electron chi connectivity index (χ1n) is 4.39. The highest BCUT2D eigenvalue weighted by atomic mass is 32.1. The van der Waals surface area contributed by atoms with Crippen molar-refractivity contribution in [3.63, 3.8) is 0 Å². The molecule has 0 saturated carbocycles. The molecule has 6 heteroatoms. The summed E-state index contributed by atoms with van der Waals surface area (Å²) in [4.78, 5) is 13.4. The molecule has 0 aliphatic heterocycles. The number of hydrogen-bond donors (Lipinski definition) is 3. The standard InChI is InChI=1S/C8H14N2O3S/c11-2-4-13-3-1-9-5-7-6-14-8(12)10-7/h6,9,11H,1-5H2,(H,10,12). The molecular weight excluding hydrogens is 204 g/mol. The zero-order chi connectivity index (χ0) is 10.2. The molecule has 3 N–H and O–H groups in total. The topological polar surface area (TPSA) is 74.4 Å². The van der Waals surface area contributed by atoms with Crippen LogP contribution in [-0.2, 0) is 11.3 Å². The third-order valence-corrected chi connectivity index (χ3v) is 2.26. The number of ether oxygens (including phenoxy) is 1. The van der Waals surface area contributed by atoms with Crippen LogP contribution in [-0.4, -0.2) is 36.5 Å². The Labute approximate surface area is 85.7 Å². The van der Waals surface area contributed by atoms with Crippen LogP contribution in [0.1, 0.15) is 5.69 Å². The van der Waals surface area contributed by atoms with Crippen molar-refractivity contribution in [1.29, 1.82) is 0 Å². The molecule has 0 aliphatic carbocycles. The number of rotatable bonds is 7. The SMILES string of the molecule is O=c1[nH]c(CNCCOCCO)cs1. The molecule has 0 saturated heterocycles. The molecule has 0 bridgehead atoms. The lowest BCUT2D eigenvalue weighted by molar-refractivity contribution is 0.0937. The molecule has 80 valence electrons. The van der Waals surface area contributed by atoms with Gasteiger partial charge in [0.25, 0.3) is 0 Å². The highest BCUT2D eigenvalue weighted by molar-refractivity contribution is 7.07. The van der Waals surface area contributed by atoms with E-state index in [0.717, 1.165) is 17.0 Å². The zero-order valence-electron chi connectivity index (χ0n) is 7.78. The lowest BCUT2D eigenvalue weighted by atomic mass is 10.5. The Morgan fingerprint density at radius 1 is 1.57 bits per heavy atom. The van der Waals surface area contributed by atoms with E-state index in [-0.39, 0.29) is 11.5 Å². The van der Waals surface area contributed by atoms with Gasteiger partial charge in [0.05, 0.1) is 19.8 Å². The zero-order valence-corrected chi connectivity index (χ0v) is 8.60. The van der Waals surface area contributed by atoms with E-state index in [1.54, 1.807) is 5.38 Å². The highest BCUT2D eigenvalue weighted by Gasteiger charge is 1.95. The van der Waals surface area contributed by atoms with Crippen molar-refractivity contribution in [1.82, 2.24) is 10.3 Å². The summed E-state index contributed by atoms with van der Waals surface area (Å²) in [6.07, 6.45) is 0. The summed E-state index contributed by atoms with van der Waals surface area (Å²) >= 11 is 1.16. The number of aliphatic hydroxyl groups excluding tert-OH is 1. The minimum absolute atomic E-state index is 0.0293. The van der Waals surface area contributed by atoms with Crippen LogP contribution in [0.2, 0.25) is 0 Å². The fraction of sp³-hybridized carbons (Fsp3) is 0.625. The molecule has 14 heavy (non-hydrogen) atoms. The van der Waals surface area contributed by atoms with Crippen LogP contribution in [0, 0.1) is 0 Å². The van der Waals surface area contributed by atoms with E-state index >= 15 is 0 Å². The van der Waals surface area contributed by atoms with Gasteiger partial charge in [-0.25, -0.2) is 0 Å². The Hall–Kier alpha value is -0.690. The number of hydrogen-bond acceptors (Lipinski definition) is 5. The lowest BCUT2D eigenvalue weighted by Gasteiger charge is -2.03. The molecule has 0 atom stereocenters. The van der Waals surface area contributed by atoms with Gasteiger partial charge < -0.3 is 20.1 Å². The Morgan fingerprint density at radius 2 is 2.43 bits per heavy atom. The van der Waals surface area contributed by atoms with Gasteiger partial charge in [0, 0.05) is 24.2 Å². The molecule has 5 nitrogen and oxygen atoms in total. The fourth-order valence-electron chi connectivity index (χ4n) is 0.935. The molecule has 0 spiro atoms. The van der Waals surface area contributed by atoms with Crippen LogP contribution >= 0.6 is 11.3 Å². The normalized spacial score (nSPS) is 10.6. The maximum atomic E-state index is 10.7. The average Bonchev–Trinajstić information content (AvgIpc) is 2.58. The van der Waals surface area contributed by atoms with E-state index in [2.05, 4.69) is 10.3 Å². The highest BCUT2D eigenvalue weighted by Crippen LogP contribution is 1.93. The smallest absolute Gasteiger partial charge is 0.304 e. The molecule has 1 heterocycles. The summed E-state index contributed by atoms with van der Waals surface area (Å²) < 4.78 is 5.04. The summed E-state index contributed by atoms with van der Waals surface area (Å²) in [7, 11) is 0. The van der Waals surface area contributed by atoms with E-state index in [9.17, 15) is 4.79 Å². The second-order valence-corrected chi connectivity index (χ2v) is 3.53. The van der Waals surface area contributed by atoms with E-state index in [0.29, 0.717) is 26.3 Å². The van der Waals surface area contributed by atoms with Gasteiger partial charge in [-0.15, -0.1) is 0 Å². The fourth-order valence-corrected chi connectivity index (χ4v) is 1.52. The summed E-state index contributed by atoms with van der Waals surface area (Å²) in [5.41, 5.74) is 0.891. The first-order chi connectivity index (χ1) is 6.83. The third-order valence-electron chi connectivity index (χ3n) is 1.55. The molecule has 0 amide bonds. The summed E-state index contributed by atoms with van der Waals surface area (Å²) in [6, 6.07) is 0. The van der Waals surface area contributed by atoms with Crippen molar-refractivity contribution in [2.24, 2.45) is 0 Å². The molecule has 0 unspecified atom stereocenters. The number of nitrogens with one attached hydrogen (secondary N) is 2. The molecular formula is C8H14N2O3S.